The van der Waals surface area contributed by atoms with Crippen LogP contribution < -0.4 is 5.32 Å². The van der Waals surface area contributed by atoms with Gasteiger partial charge >= 0.3 is 6.18 Å². The highest BCUT2D eigenvalue weighted by atomic mass is 32.2. The van der Waals surface area contributed by atoms with Crippen LogP contribution in [-0.2, 0) is 21.3 Å². The molecule has 1 amide bonds. The molecule has 0 saturated heterocycles. The van der Waals surface area contributed by atoms with Gasteiger partial charge in [0.05, 0.1) is 5.69 Å². The third kappa shape index (κ3) is 5.85. The van der Waals surface area contributed by atoms with Gasteiger partial charge in [-0.2, -0.15) is 18.3 Å². The average Bonchev–Trinajstić information content (AvgIpc) is 2.99. The summed E-state index contributed by atoms with van der Waals surface area (Å²) in [6.07, 6.45) is -1.06. The Balaban J connectivity index is 1.84. The van der Waals surface area contributed by atoms with Gasteiger partial charge in [0, 0.05) is 28.9 Å². The van der Waals surface area contributed by atoms with E-state index in [1.165, 1.54) is 0 Å². The van der Waals surface area contributed by atoms with Gasteiger partial charge in [-0.1, -0.05) is 12.1 Å². The van der Waals surface area contributed by atoms with E-state index in [1.807, 2.05) is 0 Å². The Kier molecular flexibility index (Phi) is 5.54. The molecule has 0 saturated carbocycles. The molecule has 9 heteroatoms. The average molecular weight is 345 g/mol. The molecule has 0 spiro atoms. The Morgan fingerprint density at radius 1 is 1.26 bits per heavy atom. The van der Waals surface area contributed by atoms with Gasteiger partial charge in [0.15, 0.2) is 0 Å². The first-order valence-corrected chi connectivity index (χ1v) is 8.10. The van der Waals surface area contributed by atoms with Crippen molar-refractivity contribution >= 4 is 16.7 Å². The number of carbonyl (C=O) groups is 1. The van der Waals surface area contributed by atoms with Crippen molar-refractivity contribution in [2.45, 2.75) is 11.9 Å². The summed E-state index contributed by atoms with van der Waals surface area (Å²) >= 11 is 0. The summed E-state index contributed by atoms with van der Waals surface area (Å²) in [6, 6.07) is 8.82. The van der Waals surface area contributed by atoms with Crippen molar-refractivity contribution < 1.29 is 22.2 Å². The van der Waals surface area contributed by atoms with Crippen molar-refractivity contribution in [1.29, 1.82) is 0 Å². The molecule has 1 aromatic carbocycles. The second-order valence-corrected chi connectivity index (χ2v) is 6.19. The molecule has 0 bridgehead atoms. The predicted octanol–water partition coefficient (Wildman–Crippen LogP) is 1.80. The zero-order chi connectivity index (χ0) is 16.9. The summed E-state index contributed by atoms with van der Waals surface area (Å²) < 4.78 is 49.3. The number of amides is 1. The van der Waals surface area contributed by atoms with E-state index >= 15 is 0 Å². The maximum atomic E-state index is 12.0. The number of nitrogens with zero attached hydrogens (tertiary/aromatic N) is 2. The number of hydrogen-bond donors (Lipinski definition) is 1. The molecule has 23 heavy (non-hydrogen) atoms. The van der Waals surface area contributed by atoms with Crippen LogP contribution in [0.4, 0.5) is 13.2 Å². The van der Waals surface area contributed by atoms with Crippen molar-refractivity contribution in [3.05, 3.63) is 48.3 Å². The third-order valence-corrected chi connectivity index (χ3v) is 4.05. The standard InChI is InChI=1S/C14H14F3N3O2S/c15-14(16,17)10-18-13(21)9-23(22)8-11-2-4-12(5-3-11)20-7-1-6-19-20/h1-7H,8-10H2,(H,18,21)/t23-/m1/s1. The van der Waals surface area contributed by atoms with Gasteiger partial charge in [-0.05, 0) is 23.8 Å². The first kappa shape index (κ1) is 17.2. The fourth-order valence-corrected chi connectivity index (χ4v) is 2.86. The van der Waals surface area contributed by atoms with Crippen molar-refractivity contribution in [3.63, 3.8) is 0 Å². The Morgan fingerprint density at radius 2 is 1.96 bits per heavy atom. The number of aromatic nitrogens is 2. The molecule has 0 unspecified atom stereocenters. The quantitative estimate of drug-likeness (QED) is 0.868. The number of halogens is 3. The highest BCUT2D eigenvalue weighted by Crippen LogP contribution is 2.12. The Hall–Kier alpha value is -2.16. The molecule has 1 aromatic heterocycles. The first-order valence-electron chi connectivity index (χ1n) is 6.61. The monoisotopic (exact) mass is 345 g/mol. The molecule has 124 valence electrons. The second kappa shape index (κ2) is 7.40. The molecule has 1 N–H and O–H groups in total. The molecule has 0 aliphatic carbocycles. The zero-order valence-corrected chi connectivity index (χ0v) is 12.7. The molecule has 1 atom stereocenters. The highest BCUT2D eigenvalue weighted by molar-refractivity contribution is 7.84. The number of carbonyl (C=O) groups excluding carboxylic acids is 1. The summed E-state index contributed by atoms with van der Waals surface area (Å²) in [5, 5.41) is 5.77. The lowest BCUT2D eigenvalue weighted by Gasteiger charge is -2.08. The fraction of sp³-hybridized carbons (Fsp3) is 0.286. The minimum absolute atomic E-state index is 0.0961. The van der Waals surface area contributed by atoms with Crippen LogP contribution in [0.1, 0.15) is 5.56 Å². The third-order valence-electron chi connectivity index (χ3n) is 2.81. The van der Waals surface area contributed by atoms with Gasteiger partial charge in [0.25, 0.3) is 0 Å². The van der Waals surface area contributed by atoms with E-state index in [1.54, 1.807) is 52.7 Å². The Bertz CT molecular complexity index is 670. The molecule has 1 heterocycles. The second-order valence-electron chi connectivity index (χ2n) is 4.74. The summed E-state index contributed by atoms with van der Waals surface area (Å²) in [5.41, 5.74) is 1.55. The minimum atomic E-state index is -4.47. The minimum Gasteiger partial charge on any atom is -0.346 e. The van der Waals surface area contributed by atoms with Crippen LogP contribution in [-0.4, -0.2) is 38.4 Å². The van der Waals surface area contributed by atoms with Crippen LogP contribution in [0.5, 0.6) is 0 Å². The molecular weight excluding hydrogens is 331 g/mol. The van der Waals surface area contributed by atoms with Gasteiger partial charge in [-0.15, -0.1) is 0 Å². The molecule has 0 fully saturated rings. The number of benzene rings is 1. The van der Waals surface area contributed by atoms with Gasteiger partial charge in [0.2, 0.25) is 5.91 Å². The van der Waals surface area contributed by atoms with Gasteiger partial charge < -0.3 is 5.32 Å². The summed E-state index contributed by atoms with van der Waals surface area (Å²) in [7, 11) is -1.57. The van der Waals surface area contributed by atoms with Gasteiger partial charge in [-0.25, -0.2) is 4.68 Å². The molecule has 0 aliphatic rings. The summed E-state index contributed by atoms with van der Waals surface area (Å²) in [6.45, 7) is -1.42. The first-order chi connectivity index (χ1) is 10.8. The van der Waals surface area contributed by atoms with Crippen LogP contribution in [0.15, 0.2) is 42.7 Å². The Labute approximate surface area is 133 Å². The maximum absolute atomic E-state index is 12.0. The topological polar surface area (TPSA) is 64.0 Å². The van der Waals surface area contributed by atoms with Crippen LogP contribution in [0, 0.1) is 0 Å². The van der Waals surface area contributed by atoms with E-state index in [0.717, 1.165) is 11.3 Å². The number of nitrogens with one attached hydrogen (secondary N) is 1. The molecule has 2 rings (SSSR count). The van der Waals surface area contributed by atoms with E-state index in [9.17, 15) is 22.2 Å². The summed E-state index contributed by atoms with van der Waals surface area (Å²) in [4.78, 5) is 11.3. The van der Waals surface area contributed by atoms with Crippen molar-refractivity contribution in [2.24, 2.45) is 0 Å². The maximum Gasteiger partial charge on any atom is 0.405 e. The fourth-order valence-electron chi connectivity index (χ4n) is 1.80. The lowest BCUT2D eigenvalue weighted by atomic mass is 10.2. The normalized spacial score (nSPS) is 12.8. The zero-order valence-electron chi connectivity index (χ0n) is 11.9. The number of alkyl halides is 3. The van der Waals surface area contributed by atoms with E-state index < -0.39 is 35.2 Å². The summed E-state index contributed by atoms with van der Waals surface area (Å²) in [5.74, 6) is -1.25. The molecule has 0 aliphatic heterocycles. The van der Waals surface area contributed by atoms with Crippen LogP contribution in [0.25, 0.3) is 5.69 Å². The van der Waals surface area contributed by atoms with E-state index in [2.05, 4.69) is 5.10 Å². The van der Waals surface area contributed by atoms with Crippen LogP contribution >= 0.6 is 0 Å². The van der Waals surface area contributed by atoms with Crippen molar-refractivity contribution in [3.8, 4) is 5.69 Å². The van der Waals surface area contributed by atoms with E-state index in [-0.39, 0.29) is 5.75 Å². The van der Waals surface area contributed by atoms with Gasteiger partial charge in [-0.3, -0.25) is 9.00 Å². The van der Waals surface area contributed by atoms with Crippen LogP contribution in [0.3, 0.4) is 0 Å². The lowest BCUT2D eigenvalue weighted by molar-refractivity contribution is -0.136. The number of rotatable bonds is 6. The SMILES string of the molecule is O=C(C[S@](=O)Cc1ccc(-n2cccn2)cc1)NCC(F)(F)F. The van der Waals surface area contributed by atoms with E-state index in [0.29, 0.717) is 0 Å². The predicted molar refractivity (Wildman–Crippen MR) is 79.3 cm³/mol. The lowest BCUT2D eigenvalue weighted by Crippen LogP contribution is -2.36. The largest absolute Gasteiger partial charge is 0.405 e. The van der Waals surface area contributed by atoms with Crippen molar-refractivity contribution in [1.82, 2.24) is 15.1 Å². The van der Waals surface area contributed by atoms with Crippen LogP contribution in [0.2, 0.25) is 0 Å². The molecule has 5 nitrogen and oxygen atoms in total. The molecular formula is C14H14F3N3O2S. The Morgan fingerprint density at radius 3 is 2.52 bits per heavy atom. The van der Waals surface area contributed by atoms with Gasteiger partial charge in [0.1, 0.15) is 12.3 Å². The smallest absolute Gasteiger partial charge is 0.346 e. The van der Waals surface area contributed by atoms with Crippen molar-refractivity contribution in [2.75, 3.05) is 12.3 Å². The molecule has 2 aromatic rings. The molecule has 0 radical (unpaired) electrons. The van der Waals surface area contributed by atoms with E-state index in [4.69, 9.17) is 0 Å². The number of hydrogen-bond acceptors (Lipinski definition) is 3. The highest BCUT2D eigenvalue weighted by Gasteiger charge is 2.27.